The van der Waals surface area contributed by atoms with Crippen LogP contribution in [0.15, 0.2) is 29.4 Å². The first-order valence-electron chi connectivity index (χ1n) is 11.9. The maximum Gasteiger partial charge on any atom is 0.413 e. The maximum absolute atomic E-state index is 12.3. The third-order valence-corrected chi connectivity index (χ3v) is 6.05. The second-order valence-corrected chi connectivity index (χ2v) is 9.93. The van der Waals surface area contributed by atoms with Crippen LogP contribution in [0.4, 0.5) is 16.4 Å². The number of rotatable bonds is 4. The zero-order valence-electron chi connectivity index (χ0n) is 20.6. The number of hydrogen-bond donors (Lipinski definition) is 2. The molecule has 2 heterocycles. The number of alkyl carbamates (subject to hydrolysis) is 1. The number of nitriles is 1. The van der Waals surface area contributed by atoms with Crippen molar-refractivity contribution in [2.75, 3.05) is 24.7 Å². The Morgan fingerprint density at radius 1 is 1.38 bits per heavy atom. The molecule has 0 spiro atoms. The lowest BCUT2D eigenvalue weighted by Gasteiger charge is -2.36. The van der Waals surface area contributed by atoms with E-state index in [1.807, 2.05) is 12.1 Å². The molecule has 9 nitrogen and oxygen atoms in total. The van der Waals surface area contributed by atoms with E-state index in [1.165, 1.54) is 12.3 Å². The monoisotopic (exact) mass is 468 g/mol. The summed E-state index contributed by atoms with van der Waals surface area (Å²) < 4.78 is 10.9. The molecule has 0 radical (unpaired) electrons. The normalized spacial score (nSPS) is 21.2. The van der Waals surface area contributed by atoms with Gasteiger partial charge >= 0.3 is 6.09 Å². The van der Waals surface area contributed by atoms with Crippen molar-refractivity contribution in [1.82, 2.24) is 10.3 Å². The molecule has 184 valence electrons. The highest BCUT2D eigenvalue weighted by atomic mass is 16.6. The molecule has 1 aliphatic heterocycles. The van der Waals surface area contributed by atoms with Gasteiger partial charge in [-0.1, -0.05) is 19.3 Å². The van der Waals surface area contributed by atoms with Gasteiger partial charge in [0, 0.05) is 6.54 Å². The molecule has 0 aromatic carbocycles. The number of carbonyl (C=O) groups is 1. The average molecular weight is 469 g/mol. The lowest BCUT2D eigenvalue weighted by molar-refractivity contribution is 0.0563. The van der Waals surface area contributed by atoms with Crippen LogP contribution in [0.25, 0.3) is 0 Å². The molecule has 0 bridgehead atoms. The van der Waals surface area contributed by atoms with Gasteiger partial charge in [-0.15, -0.1) is 0 Å². The predicted octanol–water partition coefficient (Wildman–Crippen LogP) is 4.06. The number of morpholine rings is 1. The van der Waals surface area contributed by atoms with Crippen LogP contribution in [0.2, 0.25) is 0 Å². The summed E-state index contributed by atoms with van der Waals surface area (Å²) in [6.07, 6.45) is 6.92. The summed E-state index contributed by atoms with van der Waals surface area (Å²) in [7, 11) is 0. The van der Waals surface area contributed by atoms with Gasteiger partial charge in [0.2, 0.25) is 0 Å². The number of pyridine rings is 1. The Labute approximate surface area is 202 Å². The van der Waals surface area contributed by atoms with E-state index in [0.29, 0.717) is 25.6 Å². The minimum Gasteiger partial charge on any atom is -0.444 e. The smallest absolute Gasteiger partial charge is 0.413 e. The minimum absolute atomic E-state index is 0.140. The van der Waals surface area contributed by atoms with Crippen molar-refractivity contribution >= 4 is 23.6 Å². The summed E-state index contributed by atoms with van der Waals surface area (Å²) in [4.78, 5) is 23.9. The number of aromatic nitrogens is 1. The number of amides is 1. The standard InChI is InChI=1S/C25H36N6O3/c1-18-16-33-13-12-31(18)22-15-19(25(17-27)9-6-5-7-10-25)14-21(29-22)28-20(8-11-26)30-23(32)34-24(2,3)4/h8,11,14-15,18H,5-7,9-10,12-13,16,26H2,1-4H3,(H,28,29,30,32). The van der Waals surface area contributed by atoms with Crippen molar-refractivity contribution in [3.05, 3.63) is 30.0 Å². The number of aliphatic imine (C=N–C) groups is 1. The van der Waals surface area contributed by atoms with Gasteiger partial charge in [-0.2, -0.15) is 5.26 Å². The molecular formula is C25H36N6O3. The third-order valence-electron chi connectivity index (χ3n) is 6.05. The first-order valence-corrected chi connectivity index (χ1v) is 11.9. The van der Waals surface area contributed by atoms with Crippen molar-refractivity contribution < 1.29 is 14.3 Å². The number of carbonyl (C=O) groups excluding carboxylic acids is 1. The third kappa shape index (κ3) is 6.48. The van der Waals surface area contributed by atoms with E-state index in [4.69, 9.17) is 20.2 Å². The fourth-order valence-corrected chi connectivity index (χ4v) is 4.40. The number of ether oxygens (including phenoxy) is 2. The fraction of sp³-hybridized carbons (Fsp3) is 0.600. The first-order chi connectivity index (χ1) is 16.2. The van der Waals surface area contributed by atoms with Crippen molar-refractivity contribution in [3.8, 4) is 6.07 Å². The van der Waals surface area contributed by atoms with Crippen molar-refractivity contribution in [1.29, 1.82) is 5.26 Å². The van der Waals surface area contributed by atoms with Gasteiger partial charge in [0.25, 0.3) is 0 Å². The maximum atomic E-state index is 12.3. The van der Waals surface area contributed by atoms with E-state index >= 15 is 0 Å². The summed E-state index contributed by atoms with van der Waals surface area (Å²) in [6, 6.07) is 6.61. The van der Waals surface area contributed by atoms with Gasteiger partial charge in [-0.05, 0) is 70.5 Å². The molecule has 34 heavy (non-hydrogen) atoms. The predicted molar refractivity (Wildman–Crippen MR) is 132 cm³/mol. The first kappa shape index (κ1) is 25.5. The molecule has 1 aromatic rings. The van der Waals surface area contributed by atoms with E-state index in [0.717, 1.165) is 43.5 Å². The van der Waals surface area contributed by atoms with Crippen LogP contribution in [0.5, 0.6) is 0 Å². The SMILES string of the molecule is CC1COCCN1c1cc(C2(C#N)CCCCC2)cc(N=C(C=CN)NC(=O)OC(C)(C)C)n1. The lowest BCUT2D eigenvalue weighted by Crippen LogP contribution is -2.44. The average Bonchev–Trinajstić information content (AvgIpc) is 2.78. The molecule has 1 saturated carbocycles. The molecule has 1 saturated heterocycles. The summed E-state index contributed by atoms with van der Waals surface area (Å²) >= 11 is 0. The van der Waals surface area contributed by atoms with Crippen molar-refractivity contribution in [2.24, 2.45) is 10.7 Å². The van der Waals surface area contributed by atoms with Crippen LogP contribution < -0.4 is 16.0 Å². The molecular weight excluding hydrogens is 432 g/mol. The summed E-state index contributed by atoms with van der Waals surface area (Å²) in [5.41, 5.74) is 5.28. The molecule has 1 unspecified atom stereocenters. The Morgan fingerprint density at radius 3 is 2.74 bits per heavy atom. The second-order valence-electron chi connectivity index (χ2n) is 9.93. The molecule has 2 fully saturated rings. The van der Waals surface area contributed by atoms with Crippen LogP contribution in [-0.4, -0.2) is 48.3 Å². The molecule has 1 amide bonds. The topological polar surface area (TPSA) is 126 Å². The molecule has 1 atom stereocenters. The Balaban J connectivity index is 2.04. The number of hydrogen-bond acceptors (Lipinski definition) is 8. The van der Waals surface area contributed by atoms with Crippen LogP contribution >= 0.6 is 0 Å². The van der Waals surface area contributed by atoms with Crippen LogP contribution in [0.3, 0.4) is 0 Å². The quantitative estimate of drug-likeness (QED) is 0.504. The summed E-state index contributed by atoms with van der Waals surface area (Å²) in [5, 5.41) is 12.8. The molecule has 3 N–H and O–H groups in total. The van der Waals surface area contributed by atoms with E-state index < -0.39 is 17.1 Å². The highest BCUT2D eigenvalue weighted by molar-refractivity contribution is 6.03. The fourth-order valence-electron chi connectivity index (χ4n) is 4.40. The van der Waals surface area contributed by atoms with Crippen LogP contribution in [-0.2, 0) is 14.9 Å². The number of nitrogens with two attached hydrogens (primary N) is 1. The van der Waals surface area contributed by atoms with Crippen LogP contribution in [0.1, 0.15) is 65.4 Å². The van der Waals surface area contributed by atoms with Gasteiger partial charge in [0.1, 0.15) is 17.3 Å². The number of anilines is 1. The van der Waals surface area contributed by atoms with E-state index in [2.05, 4.69) is 28.2 Å². The minimum atomic E-state index is -0.653. The Hall–Kier alpha value is -3.12. The zero-order chi connectivity index (χ0) is 24.8. The highest BCUT2D eigenvalue weighted by Gasteiger charge is 2.35. The molecule has 9 heteroatoms. The summed E-state index contributed by atoms with van der Waals surface area (Å²) in [5.74, 6) is 1.35. The number of amidine groups is 1. The number of nitrogens with one attached hydrogen (secondary N) is 1. The Bertz CT molecular complexity index is 970. The van der Waals surface area contributed by atoms with Crippen molar-refractivity contribution in [3.63, 3.8) is 0 Å². The Morgan fingerprint density at radius 2 is 2.12 bits per heavy atom. The highest BCUT2D eigenvalue weighted by Crippen LogP contribution is 2.41. The largest absolute Gasteiger partial charge is 0.444 e. The van der Waals surface area contributed by atoms with E-state index in [9.17, 15) is 10.1 Å². The molecule has 3 rings (SSSR count). The van der Waals surface area contributed by atoms with Gasteiger partial charge < -0.3 is 20.1 Å². The molecule has 2 aliphatic rings. The van der Waals surface area contributed by atoms with Gasteiger partial charge in [-0.3, -0.25) is 5.32 Å². The second kappa shape index (κ2) is 10.9. The van der Waals surface area contributed by atoms with Gasteiger partial charge in [0.15, 0.2) is 5.82 Å². The van der Waals surface area contributed by atoms with Gasteiger partial charge in [0.05, 0.1) is 30.7 Å². The molecule has 1 aromatic heterocycles. The molecule has 1 aliphatic carbocycles. The number of nitrogens with zero attached hydrogens (tertiary/aromatic N) is 4. The van der Waals surface area contributed by atoms with Crippen molar-refractivity contribution in [2.45, 2.75) is 76.9 Å². The van der Waals surface area contributed by atoms with E-state index in [1.54, 1.807) is 20.8 Å². The Kier molecular flexibility index (Phi) is 8.15. The summed E-state index contributed by atoms with van der Waals surface area (Å²) in [6.45, 7) is 9.36. The van der Waals surface area contributed by atoms with E-state index in [-0.39, 0.29) is 11.9 Å². The van der Waals surface area contributed by atoms with Crippen LogP contribution in [0, 0.1) is 11.3 Å². The lowest BCUT2D eigenvalue weighted by atomic mass is 9.70. The van der Waals surface area contributed by atoms with Gasteiger partial charge in [-0.25, -0.2) is 14.8 Å². The zero-order valence-corrected chi connectivity index (χ0v) is 20.6.